The molecule has 2 aromatic rings. The average Bonchev–Trinajstić information content (AvgIpc) is 2.47. The standard InChI is InChI=1S/C20H16/c1-3-5-15-7-11-19-17(13-15)9-10-18-14-16(6-4-2)8-12-20(18)19/h7-8,11-14H,9-10H2,1-2H3. The van der Waals surface area contributed by atoms with Gasteiger partial charge in [0, 0.05) is 11.1 Å². The molecule has 0 aliphatic heterocycles. The highest BCUT2D eigenvalue weighted by atomic mass is 14.2. The first-order chi connectivity index (χ1) is 9.81. The maximum absolute atomic E-state index is 3.14. The molecular formula is C20H16. The van der Waals surface area contributed by atoms with Gasteiger partial charge >= 0.3 is 0 Å². The van der Waals surface area contributed by atoms with Gasteiger partial charge in [-0.25, -0.2) is 0 Å². The molecule has 2 aromatic carbocycles. The SMILES string of the molecule is CC#Cc1ccc2c(c1)CCc1cc(C#CC)ccc1-2. The molecule has 20 heavy (non-hydrogen) atoms. The third-order valence-corrected chi connectivity index (χ3v) is 3.70. The van der Waals surface area contributed by atoms with E-state index in [0.29, 0.717) is 0 Å². The first-order valence-electron chi connectivity index (χ1n) is 6.93. The van der Waals surface area contributed by atoms with E-state index in [4.69, 9.17) is 0 Å². The van der Waals surface area contributed by atoms with Crippen molar-refractivity contribution in [3.05, 3.63) is 58.7 Å². The summed E-state index contributed by atoms with van der Waals surface area (Å²) < 4.78 is 0. The van der Waals surface area contributed by atoms with Crippen molar-refractivity contribution in [2.75, 3.05) is 0 Å². The van der Waals surface area contributed by atoms with Gasteiger partial charge in [0.1, 0.15) is 0 Å². The Hall–Kier alpha value is -2.44. The Kier molecular flexibility index (Phi) is 3.32. The van der Waals surface area contributed by atoms with Crippen LogP contribution in [-0.4, -0.2) is 0 Å². The molecule has 0 saturated heterocycles. The Bertz CT molecular complexity index is 717. The Morgan fingerprint density at radius 3 is 1.55 bits per heavy atom. The van der Waals surface area contributed by atoms with Crippen LogP contribution in [0.15, 0.2) is 36.4 Å². The third kappa shape index (κ3) is 2.22. The van der Waals surface area contributed by atoms with Crippen LogP contribution in [0.4, 0.5) is 0 Å². The van der Waals surface area contributed by atoms with E-state index in [2.05, 4.69) is 60.1 Å². The first-order valence-corrected chi connectivity index (χ1v) is 6.93. The highest BCUT2D eigenvalue weighted by Gasteiger charge is 2.16. The van der Waals surface area contributed by atoms with E-state index in [-0.39, 0.29) is 0 Å². The molecule has 1 aliphatic carbocycles. The van der Waals surface area contributed by atoms with Crippen molar-refractivity contribution >= 4 is 0 Å². The Morgan fingerprint density at radius 2 is 1.15 bits per heavy atom. The van der Waals surface area contributed by atoms with Crippen LogP contribution < -0.4 is 0 Å². The summed E-state index contributed by atoms with van der Waals surface area (Å²) in [5.74, 6) is 12.2. The minimum Gasteiger partial charge on any atom is -0.101 e. The molecule has 0 saturated carbocycles. The van der Waals surface area contributed by atoms with Gasteiger partial charge in [0.05, 0.1) is 0 Å². The summed E-state index contributed by atoms with van der Waals surface area (Å²) in [6.45, 7) is 3.76. The van der Waals surface area contributed by atoms with Crippen LogP contribution in [0.25, 0.3) is 11.1 Å². The second-order valence-corrected chi connectivity index (χ2v) is 4.99. The number of benzene rings is 2. The molecule has 0 atom stereocenters. The number of hydrogen-bond donors (Lipinski definition) is 0. The van der Waals surface area contributed by atoms with Gasteiger partial charge in [-0.1, -0.05) is 24.0 Å². The summed E-state index contributed by atoms with van der Waals surface area (Å²) in [5, 5.41) is 0. The maximum atomic E-state index is 3.14. The lowest BCUT2D eigenvalue weighted by Gasteiger charge is -2.20. The molecule has 0 fully saturated rings. The fourth-order valence-corrected chi connectivity index (χ4v) is 2.84. The molecule has 0 amide bonds. The van der Waals surface area contributed by atoms with Crippen LogP contribution in [0.3, 0.4) is 0 Å². The summed E-state index contributed by atoms with van der Waals surface area (Å²) in [5.41, 5.74) is 7.75. The molecular weight excluding hydrogens is 240 g/mol. The van der Waals surface area contributed by atoms with Crippen molar-refractivity contribution in [2.24, 2.45) is 0 Å². The van der Waals surface area contributed by atoms with Crippen molar-refractivity contribution in [1.82, 2.24) is 0 Å². The van der Waals surface area contributed by atoms with E-state index in [1.807, 2.05) is 13.8 Å². The fourth-order valence-electron chi connectivity index (χ4n) is 2.84. The molecule has 3 rings (SSSR count). The smallest absolute Gasteiger partial charge is 0.0248 e. The minimum atomic E-state index is 1.09. The van der Waals surface area contributed by atoms with Crippen molar-refractivity contribution in [1.29, 1.82) is 0 Å². The zero-order chi connectivity index (χ0) is 13.9. The number of rotatable bonds is 0. The van der Waals surface area contributed by atoms with Crippen LogP contribution in [0.5, 0.6) is 0 Å². The molecule has 0 heteroatoms. The molecule has 0 nitrogen and oxygen atoms in total. The molecule has 0 N–H and O–H groups in total. The largest absolute Gasteiger partial charge is 0.101 e. The summed E-state index contributed by atoms with van der Waals surface area (Å²) in [6, 6.07) is 13.1. The minimum absolute atomic E-state index is 1.09. The van der Waals surface area contributed by atoms with E-state index in [1.54, 1.807) is 0 Å². The van der Waals surface area contributed by atoms with E-state index < -0.39 is 0 Å². The van der Waals surface area contributed by atoms with Gasteiger partial charge in [0.15, 0.2) is 0 Å². The number of fused-ring (bicyclic) bond motifs is 3. The van der Waals surface area contributed by atoms with Gasteiger partial charge in [0.2, 0.25) is 0 Å². The van der Waals surface area contributed by atoms with E-state index in [9.17, 15) is 0 Å². The van der Waals surface area contributed by atoms with Crippen LogP contribution in [-0.2, 0) is 12.8 Å². The van der Waals surface area contributed by atoms with Crippen molar-refractivity contribution in [2.45, 2.75) is 26.7 Å². The zero-order valence-electron chi connectivity index (χ0n) is 11.9. The summed E-state index contributed by atoms with van der Waals surface area (Å²) in [7, 11) is 0. The predicted molar refractivity (Wildman–Crippen MR) is 84.4 cm³/mol. The molecule has 0 radical (unpaired) electrons. The molecule has 1 aliphatic rings. The van der Waals surface area contributed by atoms with Crippen LogP contribution >= 0.6 is 0 Å². The van der Waals surface area contributed by atoms with Gasteiger partial charge in [-0.3, -0.25) is 0 Å². The van der Waals surface area contributed by atoms with Crippen molar-refractivity contribution in [3.8, 4) is 34.8 Å². The lowest BCUT2D eigenvalue weighted by molar-refractivity contribution is 0.940. The molecule has 96 valence electrons. The summed E-state index contributed by atoms with van der Waals surface area (Å²) in [6.07, 6.45) is 2.18. The average molecular weight is 256 g/mol. The van der Waals surface area contributed by atoms with Gasteiger partial charge in [0.25, 0.3) is 0 Å². The highest BCUT2D eigenvalue weighted by Crippen LogP contribution is 2.34. The topological polar surface area (TPSA) is 0 Å². The molecule has 0 bridgehead atoms. The van der Waals surface area contributed by atoms with Crippen LogP contribution in [0, 0.1) is 23.7 Å². The van der Waals surface area contributed by atoms with Gasteiger partial charge in [-0.15, -0.1) is 11.8 Å². The van der Waals surface area contributed by atoms with Crippen LogP contribution in [0.1, 0.15) is 36.1 Å². The molecule has 0 spiro atoms. The van der Waals surface area contributed by atoms with Crippen molar-refractivity contribution in [3.63, 3.8) is 0 Å². The second kappa shape index (κ2) is 5.28. The predicted octanol–water partition coefficient (Wildman–Crippen LogP) is 4.20. The quantitative estimate of drug-likeness (QED) is 0.620. The normalized spacial score (nSPS) is 11.3. The lowest BCUT2D eigenvalue weighted by atomic mass is 9.84. The summed E-state index contributed by atoms with van der Waals surface area (Å²) >= 11 is 0. The number of hydrogen-bond acceptors (Lipinski definition) is 0. The molecule has 0 unspecified atom stereocenters. The highest BCUT2D eigenvalue weighted by molar-refractivity contribution is 5.74. The van der Waals surface area contributed by atoms with E-state index in [0.717, 1.165) is 24.0 Å². The first kappa shape index (κ1) is 12.6. The van der Waals surface area contributed by atoms with Gasteiger partial charge < -0.3 is 0 Å². The Morgan fingerprint density at radius 1 is 0.700 bits per heavy atom. The second-order valence-electron chi connectivity index (χ2n) is 4.99. The molecule has 0 heterocycles. The van der Waals surface area contributed by atoms with E-state index >= 15 is 0 Å². The third-order valence-electron chi connectivity index (χ3n) is 3.70. The maximum Gasteiger partial charge on any atom is 0.0248 e. The van der Waals surface area contributed by atoms with Gasteiger partial charge in [-0.2, -0.15) is 0 Å². The Balaban J connectivity index is 2.10. The van der Waals surface area contributed by atoms with Crippen LogP contribution in [0.2, 0.25) is 0 Å². The zero-order valence-corrected chi connectivity index (χ0v) is 11.9. The number of aryl methyl sites for hydroxylation is 2. The fraction of sp³-hybridized carbons (Fsp3) is 0.200. The van der Waals surface area contributed by atoms with Gasteiger partial charge in [-0.05, 0) is 73.2 Å². The summed E-state index contributed by atoms with van der Waals surface area (Å²) in [4.78, 5) is 0. The molecule has 0 aromatic heterocycles. The van der Waals surface area contributed by atoms with E-state index in [1.165, 1.54) is 22.3 Å². The lowest BCUT2D eigenvalue weighted by Crippen LogP contribution is -2.04. The monoisotopic (exact) mass is 256 g/mol. The van der Waals surface area contributed by atoms with Crippen molar-refractivity contribution < 1.29 is 0 Å². The Labute approximate surface area is 120 Å².